The van der Waals surface area contributed by atoms with Crippen molar-refractivity contribution in [3.05, 3.63) is 35.9 Å². The van der Waals surface area contributed by atoms with Crippen molar-refractivity contribution in [2.24, 2.45) is 5.41 Å². The number of ketones is 1. The molecule has 0 N–H and O–H groups in total. The molecule has 90 valence electrons. The minimum atomic E-state index is -0.893. The summed E-state index contributed by atoms with van der Waals surface area (Å²) in [7, 11) is 0. The van der Waals surface area contributed by atoms with Crippen LogP contribution in [0.1, 0.15) is 25.3 Å². The fourth-order valence-corrected chi connectivity index (χ4v) is 2.28. The average molecular weight is 232 g/mol. The van der Waals surface area contributed by atoms with E-state index in [1.54, 1.807) is 0 Å². The summed E-state index contributed by atoms with van der Waals surface area (Å²) in [5, 5.41) is 0. The van der Waals surface area contributed by atoms with Gasteiger partial charge in [0.2, 0.25) is 0 Å². The Hall–Kier alpha value is -1.64. The Morgan fingerprint density at radius 3 is 2.59 bits per heavy atom. The van der Waals surface area contributed by atoms with Crippen molar-refractivity contribution in [2.75, 3.05) is 6.61 Å². The van der Waals surface area contributed by atoms with Crippen LogP contribution in [-0.2, 0) is 20.7 Å². The first-order valence-corrected chi connectivity index (χ1v) is 5.87. The molecule has 0 saturated carbocycles. The van der Waals surface area contributed by atoms with E-state index in [2.05, 4.69) is 0 Å². The van der Waals surface area contributed by atoms with Crippen LogP contribution in [0.4, 0.5) is 0 Å². The number of aryl methyl sites for hydroxylation is 1. The van der Waals surface area contributed by atoms with Gasteiger partial charge in [0.25, 0.3) is 0 Å². The molecular formula is C14H16O3. The largest absolute Gasteiger partial charge is 0.465 e. The summed E-state index contributed by atoms with van der Waals surface area (Å²) < 4.78 is 4.96. The molecule has 0 bridgehead atoms. The number of hydrogen-bond acceptors (Lipinski definition) is 3. The Bertz CT molecular complexity index is 424. The lowest BCUT2D eigenvalue weighted by molar-refractivity contribution is -0.151. The number of hydrogen-bond donors (Lipinski definition) is 0. The Balaban J connectivity index is 2.10. The van der Waals surface area contributed by atoms with Gasteiger partial charge in [-0.1, -0.05) is 30.3 Å². The molecule has 1 unspecified atom stereocenters. The zero-order chi connectivity index (χ0) is 12.3. The third-order valence-corrected chi connectivity index (χ3v) is 3.51. The molecule has 1 atom stereocenters. The molecule has 17 heavy (non-hydrogen) atoms. The van der Waals surface area contributed by atoms with Gasteiger partial charge in [0.15, 0.2) is 0 Å². The van der Waals surface area contributed by atoms with Crippen LogP contribution in [-0.4, -0.2) is 18.4 Å². The lowest BCUT2D eigenvalue weighted by atomic mass is 9.77. The zero-order valence-electron chi connectivity index (χ0n) is 9.94. The molecule has 3 heteroatoms. The minimum Gasteiger partial charge on any atom is -0.465 e. The van der Waals surface area contributed by atoms with Crippen molar-refractivity contribution in [3.8, 4) is 0 Å². The second-order valence-corrected chi connectivity index (χ2v) is 4.51. The van der Waals surface area contributed by atoms with E-state index in [0.29, 0.717) is 19.4 Å². The Kier molecular flexibility index (Phi) is 3.27. The maximum Gasteiger partial charge on any atom is 0.319 e. The highest BCUT2D eigenvalue weighted by atomic mass is 16.5. The standard InChI is InChI=1S/C14H16O3/c1-11(15)14(9-10-17-13(14)16)8-7-12-5-3-2-4-6-12/h2-6H,7-10H2,1H3. The number of benzene rings is 1. The van der Waals surface area contributed by atoms with Crippen LogP contribution < -0.4 is 0 Å². The fourth-order valence-electron chi connectivity index (χ4n) is 2.28. The van der Waals surface area contributed by atoms with E-state index in [-0.39, 0.29) is 11.8 Å². The van der Waals surface area contributed by atoms with E-state index in [1.807, 2.05) is 30.3 Å². The van der Waals surface area contributed by atoms with Crippen molar-refractivity contribution >= 4 is 11.8 Å². The smallest absolute Gasteiger partial charge is 0.319 e. The summed E-state index contributed by atoms with van der Waals surface area (Å²) in [5.41, 5.74) is 0.253. The predicted molar refractivity (Wildman–Crippen MR) is 63.5 cm³/mol. The van der Waals surface area contributed by atoms with E-state index < -0.39 is 5.41 Å². The summed E-state index contributed by atoms with van der Waals surface area (Å²) in [6.45, 7) is 1.85. The normalized spacial score (nSPS) is 23.5. The lowest BCUT2D eigenvalue weighted by Crippen LogP contribution is -2.34. The van der Waals surface area contributed by atoms with Gasteiger partial charge in [0.05, 0.1) is 6.61 Å². The SMILES string of the molecule is CC(=O)C1(CCc2ccccc2)CCOC1=O. The molecule has 0 aromatic heterocycles. The average Bonchev–Trinajstić information content (AvgIpc) is 2.71. The number of ether oxygens (including phenoxy) is 1. The highest BCUT2D eigenvalue weighted by Gasteiger charge is 2.48. The topological polar surface area (TPSA) is 43.4 Å². The van der Waals surface area contributed by atoms with Crippen LogP contribution in [0.25, 0.3) is 0 Å². The fraction of sp³-hybridized carbons (Fsp3) is 0.429. The summed E-state index contributed by atoms with van der Waals surface area (Å²) in [5.74, 6) is -0.420. The molecule has 1 aliphatic heterocycles. The summed E-state index contributed by atoms with van der Waals surface area (Å²) in [6, 6.07) is 9.89. The molecule has 0 aliphatic carbocycles. The molecule has 1 aromatic rings. The van der Waals surface area contributed by atoms with Crippen LogP contribution in [0, 0.1) is 5.41 Å². The first-order chi connectivity index (χ1) is 8.15. The molecule has 0 spiro atoms. The Morgan fingerprint density at radius 2 is 2.06 bits per heavy atom. The molecule has 1 aromatic carbocycles. The number of carbonyl (C=O) groups is 2. The number of rotatable bonds is 4. The lowest BCUT2D eigenvalue weighted by Gasteiger charge is -2.20. The van der Waals surface area contributed by atoms with Gasteiger partial charge in [-0.2, -0.15) is 0 Å². The third-order valence-electron chi connectivity index (χ3n) is 3.51. The van der Waals surface area contributed by atoms with Gasteiger partial charge >= 0.3 is 5.97 Å². The van der Waals surface area contributed by atoms with Crippen molar-refractivity contribution in [2.45, 2.75) is 26.2 Å². The van der Waals surface area contributed by atoms with Gasteiger partial charge < -0.3 is 4.74 Å². The molecule has 1 heterocycles. The summed E-state index contributed by atoms with van der Waals surface area (Å²) in [6.07, 6.45) is 1.80. The number of Topliss-reactive ketones (excluding diaryl/α,β-unsaturated/α-hetero) is 1. The number of cyclic esters (lactones) is 1. The van der Waals surface area contributed by atoms with Gasteiger partial charge in [0, 0.05) is 6.42 Å². The molecule has 1 aliphatic rings. The second kappa shape index (κ2) is 4.70. The zero-order valence-corrected chi connectivity index (χ0v) is 9.94. The Labute approximate surface area is 101 Å². The summed E-state index contributed by atoms with van der Waals surface area (Å²) >= 11 is 0. The second-order valence-electron chi connectivity index (χ2n) is 4.51. The van der Waals surface area contributed by atoms with E-state index in [4.69, 9.17) is 4.74 Å². The maximum absolute atomic E-state index is 11.7. The van der Waals surface area contributed by atoms with Crippen LogP contribution in [0.3, 0.4) is 0 Å². The van der Waals surface area contributed by atoms with E-state index in [1.165, 1.54) is 6.92 Å². The molecule has 0 amide bonds. The molecular weight excluding hydrogens is 216 g/mol. The summed E-state index contributed by atoms with van der Waals surface area (Å²) in [4.78, 5) is 23.4. The van der Waals surface area contributed by atoms with E-state index in [0.717, 1.165) is 12.0 Å². The van der Waals surface area contributed by atoms with Crippen LogP contribution >= 0.6 is 0 Å². The molecule has 1 fully saturated rings. The van der Waals surface area contributed by atoms with Gasteiger partial charge in [-0.15, -0.1) is 0 Å². The van der Waals surface area contributed by atoms with Gasteiger partial charge in [-0.25, -0.2) is 0 Å². The van der Waals surface area contributed by atoms with Crippen molar-refractivity contribution in [1.29, 1.82) is 0 Å². The van der Waals surface area contributed by atoms with Gasteiger partial charge in [0.1, 0.15) is 11.2 Å². The number of esters is 1. The van der Waals surface area contributed by atoms with Crippen molar-refractivity contribution in [1.82, 2.24) is 0 Å². The first-order valence-electron chi connectivity index (χ1n) is 5.87. The monoisotopic (exact) mass is 232 g/mol. The predicted octanol–water partition coefficient (Wildman–Crippen LogP) is 2.14. The maximum atomic E-state index is 11.7. The van der Waals surface area contributed by atoms with Crippen molar-refractivity contribution < 1.29 is 14.3 Å². The molecule has 0 radical (unpaired) electrons. The van der Waals surface area contributed by atoms with Crippen LogP contribution in [0.5, 0.6) is 0 Å². The van der Waals surface area contributed by atoms with Crippen LogP contribution in [0.15, 0.2) is 30.3 Å². The van der Waals surface area contributed by atoms with E-state index in [9.17, 15) is 9.59 Å². The highest BCUT2D eigenvalue weighted by Crippen LogP contribution is 2.35. The first kappa shape index (κ1) is 11.8. The van der Waals surface area contributed by atoms with Gasteiger partial charge in [-0.3, -0.25) is 9.59 Å². The molecule has 2 rings (SSSR count). The molecule has 3 nitrogen and oxygen atoms in total. The molecule has 1 saturated heterocycles. The quantitative estimate of drug-likeness (QED) is 0.590. The Morgan fingerprint density at radius 1 is 1.35 bits per heavy atom. The highest BCUT2D eigenvalue weighted by molar-refractivity contribution is 6.03. The van der Waals surface area contributed by atoms with Gasteiger partial charge in [-0.05, 0) is 25.3 Å². The third kappa shape index (κ3) is 2.23. The van der Waals surface area contributed by atoms with Crippen molar-refractivity contribution in [3.63, 3.8) is 0 Å². The minimum absolute atomic E-state index is 0.0732. The van der Waals surface area contributed by atoms with Crippen LogP contribution in [0.2, 0.25) is 0 Å². The van der Waals surface area contributed by atoms with E-state index >= 15 is 0 Å². The number of carbonyl (C=O) groups excluding carboxylic acids is 2.